The lowest BCUT2D eigenvalue weighted by molar-refractivity contribution is 0.254. The standard InChI is InChI=1S/C23H29N5O2/c1-17-19(16-25-27-17)20-8-9-24-23(26-20)15-18-6-7-21(29-2)22(14-18)30-13-5-12-28-10-3-4-11-28/h6-9,14,16H,3-5,10-13,15H2,1-2H3,(H,25,27). The van der Waals surface area contributed by atoms with Crippen LogP contribution < -0.4 is 9.47 Å². The lowest BCUT2D eigenvalue weighted by atomic mass is 10.1. The molecule has 3 heterocycles. The monoisotopic (exact) mass is 407 g/mol. The Morgan fingerprint density at radius 2 is 2.00 bits per heavy atom. The molecule has 7 heteroatoms. The maximum absolute atomic E-state index is 6.06. The summed E-state index contributed by atoms with van der Waals surface area (Å²) in [6.07, 6.45) is 7.87. The molecule has 1 fully saturated rings. The number of rotatable bonds is 9. The average molecular weight is 408 g/mol. The Bertz CT molecular complexity index is 966. The first-order valence-corrected chi connectivity index (χ1v) is 10.6. The molecule has 0 atom stereocenters. The number of aromatic amines is 1. The normalized spacial score (nSPS) is 14.2. The summed E-state index contributed by atoms with van der Waals surface area (Å²) in [5.41, 5.74) is 3.95. The van der Waals surface area contributed by atoms with Crippen molar-refractivity contribution in [2.24, 2.45) is 0 Å². The number of H-pyrrole nitrogens is 1. The quantitative estimate of drug-likeness (QED) is 0.546. The molecule has 1 aliphatic heterocycles. The van der Waals surface area contributed by atoms with Crippen molar-refractivity contribution in [2.75, 3.05) is 33.4 Å². The van der Waals surface area contributed by atoms with Gasteiger partial charge < -0.3 is 14.4 Å². The van der Waals surface area contributed by atoms with Gasteiger partial charge in [-0.3, -0.25) is 5.10 Å². The number of likely N-dealkylation sites (tertiary alicyclic amines) is 1. The van der Waals surface area contributed by atoms with Gasteiger partial charge in [0.25, 0.3) is 0 Å². The fraction of sp³-hybridized carbons (Fsp3) is 0.435. The van der Waals surface area contributed by atoms with Crippen molar-refractivity contribution in [1.82, 2.24) is 25.1 Å². The van der Waals surface area contributed by atoms with E-state index in [9.17, 15) is 0 Å². The van der Waals surface area contributed by atoms with E-state index in [0.29, 0.717) is 13.0 Å². The summed E-state index contributed by atoms with van der Waals surface area (Å²) >= 11 is 0. The Morgan fingerprint density at radius 1 is 1.13 bits per heavy atom. The van der Waals surface area contributed by atoms with E-state index in [-0.39, 0.29) is 0 Å². The molecule has 158 valence electrons. The topological polar surface area (TPSA) is 76.2 Å². The van der Waals surface area contributed by atoms with E-state index in [1.165, 1.54) is 25.9 Å². The third-order valence-corrected chi connectivity index (χ3v) is 5.48. The number of nitrogens with one attached hydrogen (secondary N) is 1. The van der Waals surface area contributed by atoms with Gasteiger partial charge in [-0.1, -0.05) is 6.07 Å². The maximum Gasteiger partial charge on any atom is 0.161 e. The summed E-state index contributed by atoms with van der Waals surface area (Å²) in [6.45, 7) is 6.20. The number of hydrogen-bond acceptors (Lipinski definition) is 6. The van der Waals surface area contributed by atoms with Crippen LogP contribution in [-0.4, -0.2) is 58.4 Å². The third-order valence-electron chi connectivity index (χ3n) is 5.48. The SMILES string of the molecule is COc1ccc(Cc2nccc(-c3cn[nH]c3C)n2)cc1OCCCN1CCCC1. The lowest BCUT2D eigenvalue weighted by Gasteiger charge is -2.16. The van der Waals surface area contributed by atoms with Crippen LogP contribution in [0.15, 0.2) is 36.7 Å². The molecule has 0 aliphatic carbocycles. The lowest BCUT2D eigenvalue weighted by Crippen LogP contribution is -2.21. The van der Waals surface area contributed by atoms with Gasteiger partial charge in [-0.05, 0) is 63.0 Å². The van der Waals surface area contributed by atoms with Crippen LogP contribution in [0.4, 0.5) is 0 Å². The number of aromatic nitrogens is 4. The maximum atomic E-state index is 6.06. The number of hydrogen-bond donors (Lipinski definition) is 1. The van der Waals surface area contributed by atoms with Crippen molar-refractivity contribution in [3.05, 3.63) is 53.7 Å². The van der Waals surface area contributed by atoms with E-state index in [1.807, 2.05) is 31.2 Å². The first-order valence-electron chi connectivity index (χ1n) is 10.6. The van der Waals surface area contributed by atoms with Crippen LogP contribution >= 0.6 is 0 Å². The van der Waals surface area contributed by atoms with Gasteiger partial charge in [0.05, 0.1) is 25.6 Å². The average Bonchev–Trinajstić information content (AvgIpc) is 3.43. The number of ether oxygens (including phenoxy) is 2. The third kappa shape index (κ3) is 4.97. The molecule has 0 unspecified atom stereocenters. The predicted octanol–water partition coefficient (Wildman–Crippen LogP) is 3.64. The predicted molar refractivity (Wildman–Crippen MR) is 116 cm³/mol. The minimum absolute atomic E-state index is 0.624. The highest BCUT2D eigenvalue weighted by Gasteiger charge is 2.12. The van der Waals surface area contributed by atoms with Crippen LogP contribution in [0.3, 0.4) is 0 Å². The molecule has 3 aromatic rings. The van der Waals surface area contributed by atoms with E-state index in [4.69, 9.17) is 14.5 Å². The molecule has 30 heavy (non-hydrogen) atoms. The first-order chi connectivity index (χ1) is 14.7. The van der Waals surface area contributed by atoms with Crippen molar-refractivity contribution in [3.8, 4) is 22.8 Å². The largest absolute Gasteiger partial charge is 0.493 e. The zero-order valence-corrected chi connectivity index (χ0v) is 17.7. The van der Waals surface area contributed by atoms with Gasteiger partial charge >= 0.3 is 0 Å². The molecule has 1 aliphatic rings. The van der Waals surface area contributed by atoms with Crippen LogP contribution in [0.5, 0.6) is 11.5 Å². The Labute approximate surface area is 177 Å². The Morgan fingerprint density at radius 3 is 2.77 bits per heavy atom. The fourth-order valence-electron chi connectivity index (χ4n) is 3.85. The Hall–Kier alpha value is -2.93. The molecular weight excluding hydrogens is 378 g/mol. The Balaban J connectivity index is 1.41. The summed E-state index contributed by atoms with van der Waals surface area (Å²) in [5.74, 6) is 2.29. The summed E-state index contributed by atoms with van der Waals surface area (Å²) in [7, 11) is 1.67. The van der Waals surface area contributed by atoms with Crippen LogP contribution in [0.25, 0.3) is 11.3 Å². The smallest absolute Gasteiger partial charge is 0.161 e. The van der Waals surface area contributed by atoms with Crippen LogP contribution in [0.2, 0.25) is 0 Å². The van der Waals surface area contributed by atoms with E-state index < -0.39 is 0 Å². The van der Waals surface area contributed by atoms with Gasteiger partial charge in [-0.25, -0.2) is 9.97 Å². The highest BCUT2D eigenvalue weighted by atomic mass is 16.5. The zero-order chi connectivity index (χ0) is 20.8. The molecule has 0 radical (unpaired) electrons. The van der Waals surface area contributed by atoms with Gasteiger partial charge in [0.15, 0.2) is 11.5 Å². The van der Waals surface area contributed by atoms with Gasteiger partial charge in [-0.2, -0.15) is 5.10 Å². The minimum Gasteiger partial charge on any atom is -0.493 e. The second-order valence-electron chi connectivity index (χ2n) is 7.68. The number of aryl methyl sites for hydroxylation is 1. The number of nitrogens with zero attached hydrogens (tertiary/aromatic N) is 4. The second kappa shape index (κ2) is 9.71. The molecule has 2 aromatic heterocycles. The highest BCUT2D eigenvalue weighted by Crippen LogP contribution is 2.29. The molecule has 0 amide bonds. The van der Waals surface area contributed by atoms with Gasteiger partial charge in [0.2, 0.25) is 0 Å². The molecule has 4 rings (SSSR count). The molecule has 1 saturated heterocycles. The summed E-state index contributed by atoms with van der Waals surface area (Å²) in [5, 5.41) is 7.04. The van der Waals surface area contributed by atoms with Gasteiger partial charge in [0.1, 0.15) is 5.82 Å². The van der Waals surface area contributed by atoms with E-state index >= 15 is 0 Å². The molecule has 7 nitrogen and oxygen atoms in total. The highest BCUT2D eigenvalue weighted by molar-refractivity contribution is 5.60. The van der Waals surface area contributed by atoms with Crippen molar-refractivity contribution in [1.29, 1.82) is 0 Å². The van der Waals surface area contributed by atoms with Gasteiger partial charge in [0, 0.05) is 30.4 Å². The second-order valence-corrected chi connectivity index (χ2v) is 7.68. The number of methoxy groups -OCH3 is 1. The van der Waals surface area contributed by atoms with Crippen LogP contribution in [0.1, 0.15) is 36.3 Å². The van der Waals surface area contributed by atoms with E-state index in [2.05, 4.69) is 20.1 Å². The Kier molecular flexibility index (Phi) is 6.59. The first kappa shape index (κ1) is 20.3. The van der Waals surface area contributed by atoms with Crippen molar-refractivity contribution in [2.45, 2.75) is 32.6 Å². The van der Waals surface area contributed by atoms with Crippen LogP contribution in [0, 0.1) is 6.92 Å². The summed E-state index contributed by atoms with van der Waals surface area (Å²) in [6, 6.07) is 7.93. The van der Waals surface area contributed by atoms with Crippen molar-refractivity contribution in [3.63, 3.8) is 0 Å². The summed E-state index contributed by atoms with van der Waals surface area (Å²) < 4.78 is 11.5. The zero-order valence-electron chi connectivity index (χ0n) is 17.7. The summed E-state index contributed by atoms with van der Waals surface area (Å²) in [4.78, 5) is 11.7. The fourth-order valence-corrected chi connectivity index (χ4v) is 3.85. The van der Waals surface area contributed by atoms with Gasteiger partial charge in [-0.15, -0.1) is 0 Å². The number of benzene rings is 1. The van der Waals surface area contributed by atoms with E-state index in [0.717, 1.165) is 52.8 Å². The van der Waals surface area contributed by atoms with E-state index in [1.54, 1.807) is 19.5 Å². The molecule has 1 N–H and O–H groups in total. The van der Waals surface area contributed by atoms with Crippen LogP contribution in [-0.2, 0) is 6.42 Å². The molecule has 0 spiro atoms. The van der Waals surface area contributed by atoms with Crippen molar-refractivity contribution < 1.29 is 9.47 Å². The van der Waals surface area contributed by atoms with Crippen molar-refractivity contribution >= 4 is 0 Å². The molecule has 1 aromatic carbocycles. The molecular formula is C23H29N5O2. The minimum atomic E-state index is 0.624. The molecule has 0 bridgehead atoms. The molecule has 0 saturated carbocycles.